The van der Waals surface area contributed by atoms with Crippen LogP contribution in [0.1, 0.15) is 18.1 Å². The fourth-order valence-corrected chi connectivity index (χ4v) is 3.77. The van der Waals surface area contributed by atoms with Gasteiger partial charge in [0.15, 0.2) is 0 Å². The van der Waals surface area contributed by atoms with Gasteiger partial charge in [-0.3, -0.25) is 9.59 Å². The highest BCUT2D eigenvalue weighted by molar-refractivity contribution is 8.00. The standard InChI is InChI=1S/C22H22ClN3O3S/c1-14-8-9-17(12-18(14)23)26-21(27)11-10-20(25-26)30-15(2)22(28)24-13-16-6-4-5-7-19(16)29-3/h4-12,15H,13H2,1-3H3,(H,24,28)/t15-/m1/s1. The number of ether oxygens (including phenoxy) is 1. The summed E-state index contributed by atoms with van der Waals surface area (Å²) < 4.78 is 6.59. The van der Waals surface area contributed by atoms with Gasteiger partial charge in [-0.1, -0.05) is 47.6 Å². The normalized spacial score (nSPS) is 11.7. The third-order valence-electron chi connectivity index (χ3n) is 4.49. The van der Waals surface area contributed by atoms with E-state index in [4.69, 9.17) is 16.3 Å². The van der Waals surface area contributed by atoms with Gasteiger partial charge in [0.2, 0.25) is 5.91 Å². The molecule has 0 radical (unpaired) electrons. The number of benzene rings is 2. The van der Waals surface area contributed by atoms with E-state index in [1.807, 2.05) is 37.3 Å². The van der Waals surface area contributed by atoms with Crippen LogP contribution in [0.2, 0.25) is 5.02 Å². The van der Waals surface area contributed by atoms with E-state index in [9.17, 15) is 9.59 Å². The van der Waals surface area contributed by atoms with Crippen molar-refractivity contribution in [2.75, 3.05) is 7.11 Å². The molecule has 0 saturated carbocycles. The van der Waals surface area contributed by atoms with E-state index in [2.05, 4.69) is 10.4 Å². The number of aromatic nitrogens is 2. The molecule has 6 nitrogen and oxygen atoms in total. The number of amides is 1. The van der Waals surface area contributed by atoms with E-state index in [0.717, 1.165) is 16.9 Å². The van der Waals surface area contributed by atoms with Gasteiger partial charge in [0.1, 0.15) is 10.8 Å². The lowest BCUT2D eigenvalue weighted by Crippen LogP contribution is -2.31. The van der Waals surface area contributed by atoms with Crippen LogP contribution in [0.25, 0.3) is 5.69 Å². The molecule has 1 N–H and O–H groups in total. The summed E-state index contributed by atoms with van der Waals surface area (Å²) in [6.45, 7) is 4.05. The van der Waals surface area contributed by atoms with Crippen molar-refractivity contribution in [1.82, 2.24) is 15.1 Å². The van der Waals surface area contributed by atoms with E-state index in [1.165, 1.54) is 22.5 Å². The van der Waals surface area contributed by atoms with Crippen LogP contribution in [0.3, 0.4) is 0 Å². The zero-order valence-electron chi connectivity index (χ0n) is 16.9. The second-order valence-electron chi connectivity index (χ2n) is 6.64. The SMILES string of the molecule is COc1ccccc1CNC(=O)[C@@H](C)Sc1ccc(=O)n(-c2ccc(C)c(Cl)c2)n1. The Hall–Kier alpha value is -2.77. The second-order valence-corrected chi connectivity index (χ2v) is 8.41. The molecule has 0 spiro atoms. The maximum Gasteiger partial charge on any atom is 0.271 e. The van der Waals surface area contributed by atoms with E-state index in [1.54, 1.807) is 32.2 Å². The van der Waals surface area contributed by atoms with Crippen LogP contribution >= 0.6 is 23.4 Å². The number of aryl methyl sites for hydroxylation is 1. The number of hydrogen-bond acceptors (Lipinski definition) is 5. The molecule has 0 bridgehead atoms. The van der Waals surface area contributed by atoms with Crippen molar-refractivity contribution in [1.29, 1.82) is 0 Å². The summed E-state index contributed by atoms with van der Waals surface area (Å²) in [6.07, 6.45) is 0. The highest BCUT2D eigenvalue weighted by Crippen LogP contribution is 2.23. The van der Waals surface area contributed by atoms with E-state index >= 15 is 0 Å². The molecule has 1 aromatic heterocycles. The zero-order chi connectivity index (χ0) is 21.7. The van der Waals surface area contributed by atoms with E-state index in [0.29, 0.717) is 22.3 Å². The van der Waals surface area contributed by atoms with Crippen LogP contribution in [-0.2, 0) is 11.3 Å². The first-order chi connectivity index (χ1) is 14.4. The first-order valence-corrected chi connectivity index (χ1v) is 10.6. The van der Waals surface area contributed by atoms with Crippen LogP contribution in [0.5, 0.6) is 5.75 Å². The van der Waals surface area contributed by atoms with Crippen LogP contribution < -0.4 is 15.6 Å². The predicted octanol–water partition coefficient (Wildman–Crippen LogP) is 4.00. The smallest absolute Gasteiger partial charge is 0.271 e. The predicted molar refractivity (Wildman–Crippen MR) is 120 cm³/mol. The lowest BCUT2D eigenvalue weighted by atomic mass is 10.2. The van der Waals surface area contributed by atoms with Crippen molar-refractivity contribution in [2.45, 2.75) is 30.7 Å². The Morgan fingerprint density at radius 2 is 2.00 bits per heavy atom. The molecular weight excluding hydrogens is 422 g/mol. The average Bonchev–Trinajstić information content (AvgIpc) is 2.75. The molecule has 3 aromatic rings. The highest BCUT2D eigenvalue weighted by atomic mass is 35.5. The number of carbonyl (C=O) groups is 1. The van der Waals surface area contributed by atoms with Crippen LogP contribution in [0.4, 0.5) is 0 Å². The monoisotopic (exact) mass is 443 g/mol. The summed E-state index contributed by atoms with van der Waals surface area (Å²) in [6, 6.07) is 15.9. The summed E-state index contributed by atoms with van der Waals surface area (Å²) in [5.41, 5.74) is 2.12. The molecule has 0 aliphatic heterocycles. The van der Waals surface area contributed by atoms with Crippen molar-refractivity contribution in [3.05, 3.63) is 81.1 Å². The Labute approximate surface area is 184 Å². The number of halogens is 1. The number of para-hydroxylation sites is 1. The lowest BCUT2D eigenvalue weighted by molar-refractivity contribution is -0.120. The van der Waals surface area contributed by atoms with Gasteiger partial charge in [-0.05, 0) is 43.7 Å². The van der Waals surface area contributed by atoms with Crippen molar-refractivity contribution < 1.29 is 9.53 Å². The van der Waals surface area contributed by atoms with Gasteiger partial charge in [0.05, 0.1) is 18.0 Å². The molecule has 0 saturated heterocycles. The molecule has 0 fully saturated rings. The zero-order valence-corrected chi connectivity index (χ0v) is 18.5. The number of thioether (sulfide) groups is 1. The fourth-order valence-electron chi connectivity index (χ4n) is 2.77. The number of hydrogen-bond donors (Lipinski definition) is 1. The third-order valence-corrected chi connectivity index (χ3v) is 5.92. The van der Waals surface area contributed by atoms with Gasteiger partial charge in [-0.25, -0.2) is 0 Å². The Kier molecular flexibility index (Phi) is 7.18. The lowest BCUT2D eigenvalue weighted by Gasteiger charge is -2.14. The molecule has 1 heterocycles. The van der Waals surface area contributed by atoms with Crippen LogP contribution in [-0.4, -0.2) is 28.0 Å². The summed E-state index contributed by atoms with van der Waals surface area (Å²) in [7, 11) is 1.60. The molecule has 1 amide bonds. The van der Waals surface area contributed by atoms with Gasteiger partial charge >= 0.3 is 0 Å². The molecule has 3 rings (SSSR count). The van der Waals surface area contributed by atoms with Crippen LogP contribution in [0.15, 0.2) is 64.4 Å². The molecule has 30 heavy (non-hydrogen) atoms. The van der Waals surface area contributed by atoms with Crippen molar-refractivity contribution in [3.8, 4) is 11.4 Å². The molecule has 2 aromatic carbocycles. The minimum atomic E-state index is -0.403. The molecule has 8 heteroatoms. The van der Waals surface area contributed by atoms with Crippen LogP contribution in [0, 0.1) is 6.92 Å². The minimum absolute atomic E-state index is 0.135. The Morgan fingerprint density at radius 1 is 1.23 bits per heavy atom. The molecule has 156 valence electrons. The maximum absolute atomic E-state index is 12.5. The highest BCUT2D eigenvalue weighted by Gasteiger charge is 2.16. The molecule has 0 unspecified atom stereocenters. The first-order valence-electron chi connectivity index (χ1n) is 9.32. The number of methoxy groups -OCH3 is 1. The Balaban J connectivity index is 1.70. The summed E-state index contributed by atoms with van der Waals surface area (Å²) in [4.78, 5) is 24.8. The fraction of sp³-hybridized carbons (Fsp3) is 0.227. The molecule has 1 atom stereocenters. The molecule has 0 aliphatic carbocycles. The number of rotatable bonds is 7. The minimum Gasteiger partial charge on any atom is -0.496 e. The second kappa shape index (κ2) is 9.82. The van der Waals surface area contributed by atoms with Gasteiger partial charge in [-0.2, -0.15) is 9.78 Å². The van der Waals surface area contributed by atoms with Gasteiger partial charge in [0.25, 0.3) is 5.56 Å². The first kappa shape index (κ1) is 21.9. The largest absolute Gasteiger partial charge is 0.496 e. The van der Waals surface area contributed by atoms with Crippen molar-refractivity contribution >= 4 is 29.3 Å². The topological polar surface area (TPSA) is 73.2 Å². The van der Waals surface area contributed by atoms with Gasteiger partial charge in [-0.15, -0.1) is 0 Å². The van der Waals surface area contributed by atoms with Gasteiger partial charge in [0, 0.05) is 23.2 Å². The molecular formula is C22H22ClN3O3S. The summed E-state index contributed by atoms with van der Waals surface area (Å²) in [5.74, 6) is 0.590. The number of nitrogens with zero attached hydrogens (tertiary/aromatic N) is 2. The molecule has 0 aliphatic rings. The maximum atomic E-state index is 12.5. The Morgan fingerprint density at radius 3 is 2.73 bits per heavy atom. The van der Waals surface area contributed by atoms with Crippen molar-refractivity contribution in [3.63, 3.8) is 0 Å². The summed E-state index contributed by atoms with van der Waals surface area (Å²) >= 11 is 7.45. The average molecular weight is 444 g/mol. The van der Waals surface area contributed by atoms with E-state index in [-0.39, 0.29) is 11.5 Å². The van der Waals surface area contributed by atoms with E-state index < -0.39 is 5.25 Å². The third kappa shape index (κ3) is 5.23. The summed E-state index contributed by atoms with van der Waals surface area (Å²) in [5, 5.41) is 8.02. The van der Waals surface area contributed by atoms with Crippen molar-refractivity contribution in [2.24, 2.45) is 0 Å². The quantitative estimate of drug-likeness (QED) is 0.559. The number of nitrogens with one attached hydrogen (secondary N) is 1. The van der Waals surface area contributed by atoms with Gasteiger partial charge < -0.3 is 10.1 Å². The Bertz CT molecular complexity index is 1120. The number of carbonyl (C=O) groups excluding carboxylic acids is 1.